The third kappa shape index (κ3) is 1.73. The molecule has 76 valence electrons. The van der Waals surface area contributed by atoms with Crippen LogP contribution in [0.5, 0.6) is 0 Å². The maximum Gasteiger partial charge on any atom is 0.0527 e. The Hall–Kier alpha value is -0.340. The molecule has 1 aliphatic rings. The molecular weight excluding hydrogens is 240 g/mol. The Morgan fingerprint density at radius 3 is 2.36 bits per heavy atom. The second kappa shape index (κ2) is 3.67. The SMILES string of the molecule is C[C@@](CO)(c1ccc(Br)cc1)C1CC1. The summed E-state index contributed by atoms with van der Waals surface area (Å²) in [6, 6.07) is 8.31. The summed E-state index contributed by atoms with van der Waals surface area (Å²) in [5, 5.41) is 9.51. The van der Waals surface area contributed by atoms with Crippen molar-refractivity contribution in [2.45, 2.75) is 25.2 Å². The van der Waals surface area contributed by atoms with Crippen molar-refractivity contribution < 1.29 is 5.11 Å². The quantitative estimate of drug-likeness (QED) is 0.879. The van der Waals surface area contributed by atoms with E-state index in [4.69, 9.17) is 0 Å². The van der Waals surface area contributed by atoms with E-state index in [0.29, 0.717) is 5.92 Å². The lowest BCUT2D eigenvalue weighted by atomic mass is 9.79. The lowest BCUT2D eigenvalue weighted by Gasteiger charge is -2.27. The molecule has 0 heterocycles. The third-order valence-electron chi connectivity index (χ3n) is 3.31. The first-order chi connectivity index (χ1) is 6.66. The van der Waals surface area contributed by atoms with Crippen LogP contribution < -0.4 is 0 Å². The summed E-state index contributed by atoms with van der Waals surface area (Å²) in [5.74, 6) is 0.675. The smallest absolute Gasteiger partial charge is 0.0527 e. The third-order valence-corrected chi connectivity index (χ3v) is 3.84. The highest BCUT2D eigenvalue weighted by atomic mass is 79.9. The fourth-order valence-electron chi connectivity index (χ4n) is 2.01. The fraction of sp³-hybridized carbons (Fsp3) is 0.500. The minimum Gasteiger partial charge on any atom is -0.395 e. The molecule has 14 heavy (non-hydrogen) atoms. The first-order valence-electron chi connectivity index (χ1n) is 5.04. The number of benzene rings is 1. The summed E-state index contributed by atoms with van der Waals surface area (Å²) in [5.41, 5.74) is 1.23. The van der Waals surface area contributed by atoms with Gasteiger partial charge in [0.25, 0.3) is 0 Å². The van der Waals surface area contributed by atoms with Crippen LogP contribution in [-0.4, -0.2) is 11.7 Å². The Bertz CT molecular complexity index is 316. The molecule has 1 fully saturated rings. The molecule has 1 aromatic carbocycles. The second-order valence-electron chi connectivity index (χ2n) is 4.36. The predicted octanol–water partition coefficient (Wildman–Crippen LogP) is 3.11. The molecule has 0 aliphatic heterocycles. The van der Waals surface area contributed by atoms with E-state index < -0.39 is 0 Å². The van der Waals surface area contributed by atoms with Crippen LogP contribution in [-0.2, 0) is 5.41 Å². The Labute approximate surface area is 93.3 Å². The van der Waals surface area contributed by atoms with Crippen molar-refractivity contribution >= 4 is 15.9 Å². The molecular formula is C12H15BrO. The van der Waals surface area contributed by atoms with Gasteiger partial charge in [-0.2, -0.15) is 0 Å². The van der Waals surface area contributed by atoms with Gasteiger partial charge in [-0.05, 0) is 36.5 Å². The second-order valence-corrected chi connectivity index (χ2v) is 5.27. The van der Waals surface area contributed by atoms with Gasteiger partial charge in [0.15, 0.2) is 0 Å². The molecule has 1 atom stereocenters. The zero-order valence-corrected chi connectivity index (χ0v) is 9.92. The molecule has 0 spiro atoms. The Kier molecular flexibility index (Phi) is 2.67. The van der Waals surface area contributed by atoms with Crippen LogP contribution in [0.15, 0.2) is 28.7 Å². The lowest BCUT2D eigenvalue weighted by Crippen LogP contribution is -2.29. The van der Waals surface area contributed by atoms with Gasteiger partial charge in [0, 0.05) is 9.89 Å². The number of aliphatic hydroxyl groups is 1. The highest BCUT2D eigenvalue weighted by Gasteiger charge is 2.42. The number of halogens is 1. The largest absolute Gasteiger partial charge is 0.395 e. The normalized spacial score (nSPS) is 20.5. The molecule has 0 bridgehead atoms. The molecule has 0 unspecified atom stereocenters. The van der Waals surface area contributed by atoms with Crippen molar-refractivity contribution in [3.8, 4) is 0 Å². The molecule has 1 aromatic rings. The highest BCUT2D eigenvalue weighted by molar-refractivity contribution is 9.10. The van der Waals surface area contributed by atoms with Crippen LogP contribution in [0.25, 0.3) is 0 Å². The first-order valence-corrected chi connectivity index (χ1v) is 5.83. The van der Waals surface area contributed by atoms with E-state index in [1.807, 2.05) is 12.1 Å². The maximum absolute atomic E-state index is 9.51. The maximum atomic E-state index is 9.51. The average Bonchev–Trinajstić information content (AvgIpc) is 3.01. The van der Waals surface area contributed by atoms with Gasteiger partial charge < -0.3 is 5.11 Å². The van der Waals surface area contributed by atoms with Crippen molar-refractivity contribution in [1.29, 1.82) is 0 Å². The van der Waals surface area contributed by atoms with Gasteiger partial charge >= 0.3 is 0 Å². The van der Waals surface area contributed by atoms with E-state index in [9.17, 15) is 5.11 Å². The summed E-state index contributed by atoms with van der Waals surface area (Å²) in [6.45, 7) is 2.41. The Morgan fingerprint density at radius 2 is 1.93 bits per heavy atom. The zero-order valence-electron chi connectivity index (χ0n) is 8.33. The monoisotopic (exact) mass is 254 g/mol. The van der Waals surface area contributed by atoms with Gasteiger partial charge in [-0.25, -0.2) is 0 Å². The Balaban J connectivity index is 2.31. The molecule has 1 aliphatic carbocycles. The summed E-state index contributed by atoms with van der Waals surface area (Å²) in [6.07, 6.45) is 2.51. The van der Waals surface area contributed by atoms with E-state index in [-0.39, 0.29) is 12.0 Å². The predicted molar refractivity (Wildman–Crippen MR) is 61.3 cm³/mol. The van der Waals surface area contributed by atoms with Crippen molar-refractivity contribution in [3.63, 3.8) is 0 Å². The van der Waals surface area contributed by atoms with Gasteiger partial charge in [0.05, 0.1) is 6.61 Å². The number of hydrogen-bond acceptors (Lipinski definition) is 1. The minimum atomic E-state index is -0.0271. The number of aliphatic hydroxyl groups excluding tert-OH is 1. The zero-order chi connectivity index (χ0) is 10.2. The van der Waals surface area contributed by atoms with E-state index >= 15 is 0 Å². The molecule has 0 radical (unpaired) electrons. The topological polar surface area (TPSA) is 20.2 Å². The standard InChI is InChI=1S/C12H15BrO/c1-12(8-14,9-2-3-9)10-4-6-11(13)7-5-10/h4-7,9,14H,2-3,8H2,1H3/t12-/m0/s1. The molecule has 1 N–H and O–H groups in total. The highest BCUT2D eigenvalue weighted by Crippen LogP contribution is 2.47. The van der Waals surface area contributed by atoms with Crippen LogP contribution in [0.3, 0.4) is 0 Å². The van der Waals surface area contributed by atoms with E-state index in [2.05, 4.69) is 35.0 Å². The molecule has 0 saturated heterocycles. The number of hydrogen-bond donors (Lipinski definition) is 1. The van der Waals surface area contributed by atoms with E-state index in [0.717, 1.165) is 4.47 Å². The van der Waals surface area contributed by atoms with Crippen molar-refractivity contribution in [1.82, 2.24) is 0 Å². The fourth-order valence-corrected chi connectivity index (χ4v) is 2.27. The van der Waals surface area contributed by atoms with Crippen LogP contribution >= 0.6 is 15.9 Å². The molecule has 0 amide bonds. The van der Waals surface area contributed by atoms with Gasteiger partial charge in [-0.15, -0.1) is 0 Å². The Morgan fingerprint density at radius 1 is 1.36 bits per heavy atom. The molecule has 0 aromatic heterocycles. The average molecular weight is 255 g/mol. The van der Waals surface area contributed by atoms with Crippen molar-refractivity contribution in [2.75, 3.05) is 6.61 Å². The molecule has 1 nitrogen and oxygen atoms in total. The van der Waals surface area contributed by atoms with Crippen LogP contribution in [0, 0.1) is 5.92 Å². The molecule has 1 saturated carbocycles. The van der Waals surface area contributed by atoms with Gasteiger partial charge in [0.2, 0.25) is 0 Å². The summed E-state index contributed by atoms with van der Waals surface area (Å²) in [4.78, 5) is 0. The van der Waals surface area contributed by atoms with Gasteiger partial charge in [-0.3, -0.25) is 0 Å². The molecule has 2 heteroatoms. The van der Waals surface area contributed by atoms with Gasteiger partial charge in [-0.1, -0.05) is 35.0 Å². The van der Waals surface area contributed by atoms with Crippen LogP contribution in [0.1, 0.15) is 25.3 Å². The van der Waals surface area contributed by atoms with Crippen molar-refractivity contribution in [3.05, 3.63) is 34.3 Å². The van der Waals surface area contributed by atoms with Crippen LogP contribution in [0.4, 0.5) is 0 Å². The van der Waals surface area contributed by atoms with E-state index in [1.165, 1.54) is 18.4 Å². The summed E-state index contributed by atoms with van der Waals surface area (Å²) < 4.78 is 1.09. The number of rotatable bonds is 3. The summed E-state index contributed by atoms with van der Waals surface area (Å²) in [7, 11) is 0. The first kappa shape index (κ1) is 10.2. The van der Waals surface area contributed by atoms with Gasteiger partial charge in [0.1, 0.15) is 0 Å². The van der Waals surface area contributed by atoms with Crippen LogP contribution in [0.2, 0.25) is 0 Å². The lowest BCUT2D eigenvalue weighted by molar-refractivity contribution is 0.187. The van der Waals surface area contributed by atoms with E-state index in [1.54, 1.807) is 0 Å². The minimum absolute atomic E-state index is 0.0271. The summed E-state index contributed by atoms with van der Waals surface area (Å²) >= 11 is 3.42. The van der Waals surface area contributed by atoms with Crippen molar-refractivity contribution in [2.24, 2.45) is 5.92 Å². The molecule has 2 rings (SSSR count).